The Kier molecular flexibility index (Phi) is 6.76. The summed E-state index contributed by atoms with van der Waals surface area (Å²) in [6.45, 7) is 6.51. The largest absolute Gasteiger partial charge is 0.493 e. The average molecular weight is 359 g/mol. The Morgan fingerprint density at radius 1 is 1.08 bits per heavy atom. The summed E-state index contributed by atoms with van der Waals surface area (Å²) in [7, 11) is 3.20. The fourth-order valence-corrected chi connectivity index (χ4v) is 3.48. The summed E-state index contributed by atoms with van der Waals surface area (Å²) in [6.07, 6.45) is 0. The van der Waals surface area contributed by atoms with Gasteiger partial charge in [0.2, 0.25) is 5.91 Å². The average Bonchev–Trinajstić information content (AvgIpc) is 2.62. The highest BCUT2D eigenvalue weighted by atomic mass is 32.2. The second kappa shape index (κ2) is 8.81. The maximum Gasteiger partial charge on any atom is 0.233 e. The van der Waals surface area contributed by atoms with Crippen LogP contribution < -0.4 is 14.8 Å². The molecule has 1 amide bonds. The Balaban J connectivity index is 1.96. The molecule has 0 radical (unpaired) electrons. The van der Waals surface area contributed by atoms with E-state index in [1.165, 1.54) is 11.1 Å². The lowest BCUT2D eigenvalue weighted by Crippen LogP contribution is -2.30. The minimum atomic E-state index is -0.166. The predicted octanol–water partition coefficient (Wildman–Crippen LogP) is 4.12. The molecular weight excluding hydrogens is 334 g/mol. The van der Waals surface area contributed by atoms with Crippen LogP contribution in [-0.2, 0) is 11.3 Å². The number of aryl methyl sites for hydroxylation is 2. The van der Waals surface area contributed by atoms with Crippen molar-refractivity contribution in [3.63, 3.8) is 0 Å². The molecule has 0 spiro atoms. The van der Waals surface area contributed by atoms with Crippen molar-refractivity contribution in [2.45, 2.75) is 37.5 Å². The molecule has 1 unspecified atom stereocenters. The molecule has 0 saturated heterocycles. The molecule has 0 aliphatic carbocycles. The second-order valence-corrected chi connectivity index (χ2v) is 7.32. The van der Waals surface area contributed by atoms with Crippen LogP contribution in [0.3, 0.4) is 0 Å². The predicted molar refractivity (Wildman–Crippen MR) is 103 cm³/mol. The quantitative estimate of drug-likeness (QED) is 0.756. The summed E-state index contributed by atoms with van der Waals surface area (Å²) in [6, 6.07) is 11.9. The molecule has 1 N–H and O–H groups in total. The highest BCUT2D eigenvalue weighted by molar-refractivity contribution is 8.00. The summed E-state index contributed by atoms with van der Waals surface area (Å²) in [5.74, 6) is 1.35. The van der Waals surface area contributed by atoms with Crippen LogP contribution in [0.15, 0.2) is 41.3 Å². The third-order valence-corrected chi connectivity index (χ3v) is 5.19. The Morgan fingerprint density at radius 3 is 2.48 bits per heavy atom. The number of hydrogen-bond acceptors (Lipinski definition) is 4. The smallest absolute Gasteiger partial charge is 0.233 e. The van der Waals surface area contributed by atoms with Gasteiger partial charge >= 0.3 is 0 Å². The van der Waals surface area contributed by atoms with Crippen molar-refractivity contribution < 1.29 is 14.3 Å². The van der Waals surface area contributed by atoms with Crippen molar-refractivity contribution in [2.75, 3.05) is 14.2 Å². The van der Waals surface area contributed by atoms with E-state index in [9.17, 15) is 4.79 Å². The second-order valence-electron chi connectivity index (χ2n) is 5.94. The summed E-state index contributed by atoms with van der Waals surface area (Å²) in [5, 5.41) is 2.82. The number of methoxy groups -OCH3 is 2. The van der Waals surface area contributed by atoms with Gasteiger partial charge in [0.25, 0.3) is 0 Å². The molecule has 134 valence electrons. The van der Waals surface area contributed by atoms with Crippen LogP contribution >= 0.6 is 11.8 Å². The van der Waals surface area contributed by atoms with Crippen LogP contribution in [-0.4, -0.2) is 25.4 Å². The molecule has 5 heteroatoms. The third-order valence-electron chi connectivity index (χ3n) is 3.93. The fraction of sp³-hybridized carbons (Fsp3) is 0.350. The van der Waals surface area contributed by atoms with Crippen molar-refractivity contribution in [2.24, 2.45) is 0 Å². The molecule has 0 bridgehead atoms. The van der Waals surface area contributed by atoms with Gasteiger partial charge in [0.05, 0.1) is 19.5 Å². The lowest BCUT2D eigenvalue weighted by atomic mass is 10.2. The summed E-state index contributed by atoms with van der Waals surface area (Å²) < 4.78 is 10.5. The molecule has 2 rings (SSSR count). The number of ether oxygens (including phenoxy) is 2. The molecule has 1 atom stereocenters. The molecule has 0 fully saturated rings. The Morgan fingerprint density at radius 2 is 1.80 bits per heavy atom. The highest BCUT2D eigenvalue weighted by Crippen LogP contribution is 2.29. The van der Waals surface area contributed by atoms with Crippen LogP contribution in [0.1, 0.15) is 23.6 Å². The molecule has 0 aromatic heterocycles. The van der Waals surface area contributed by atoms with Crippen LogP contribution in [0, 0.1) is 13.8 Å². The molecule has 0 heterocycles. The topological polar surface area (TPSA) is 47.6 Å². The zero-order valence-corrected chi connectivity index (χ0v) is 16.2. The van der Waals surface area contributed by atoms with Gasteiger partial charge in [-0.05, 0) is 50.1 Å². The molecule has 0 saturated carbocycles. The van der Waals surface area contributed by atoms with Gasteiger partial charge in [-0.1, -0.05) is 23.8 Å². The van der Waals surface area contributed by atoms with Gasteiger partial charge in [0.1, 0.15) is 0 Å². The van der Waals surface area contributed by atoms with Crippen molar-refractivity contribution in [3.05, 3.63) is 53.1 Å². The summed E-state index contributed by atoms with van der Waals surface area (Å²) in [4.78, 5) is 13.6. The van der Waals surface area contributed by atoms with E-state index in [4.69, 9.17) is 9.47 Å². The molecule has 0 aliphatic rings. The highest BCUT2D eigenvalue weighted by Gasteiger charge is 2.15. The summed E-state index contributed by atoms with van der Waals surface area (Å²) >= 11 is 1.58. The minimum absolute atomic E-state index is 0.0145. The zero-order valence-electron chi connectivity index (χ0n) is 15.4. The minimum Gasteiger partial charge on any atom is -0.493 e. The van der Waals surface area contributed by atoms with E-state index in [1.54, 1.807) is 26.0 Å². The maximum absolute atomic E-state index is 12.4. The van der Waals surface area contributed by atoms with Crippen molar-refractivity contribution in [1.82, 2.24) is 5.32 Å². The van der Waals surface area contributed by atoms with Gasteiger partial charge in [-0.15, -0.1) is 11.8 Å². The van der Waals surface area contributed by atoms with Gasteiger partial charge in [0.15, 0.2) is 11.5 Å². The van der Waals surface area contributed by atoms with Gasteiger partial charge < -0.3 is 14.8 Å². The molecule has 0 aliphatic heterocycles. The van der Waals surface area contributed by atoms with E-state index in [-0.39, 0.29) is 11.2 Å². The zero-order chi connectivity index (χ0) is 18.4. The first kappa shape index (κ1) is 19.2. The van der Waals surface area contributed by atoms with E-state index in [2.05, 4.69) is 37.4 Å². The number of carbonyl (C=O) groups is 1. The number of amides is 1. The number of nitrogens with one attached hydrogen (secondary N) is 1. The van der Waals surface area contributed by atoms with E-state index in [0.717, 1.165) is 10.5 Å². The Bertz CT molecular complexity index is 746. The third kappa shape index (κ3) is 5.16. The van der Waals surface area contributed by atoms with Crippen LogP contribution in [0.25, 0.3) is 0 Å². The maximum atomic E-state index is 12.4. The number of rotatable bonds is 7. The number of benzene rings is 2. The molecule has 25 heavy (non-hydrogen) atoms. The normalized spacial score (nSPS) is 11.7. The van der Waals surface area contributed by atoms with E-state index < -0.39 is 0 Å². The fourth-order valence-electron chi connectivity index (χ4n) is 2.40. The Hall–Kier alpha value is -2.14. The van der Waals surface area contributed by atoms with Gasteiger partial charge in [-0.3, -0.25) is 4.79 Å². The van der Waals surface area contributed by atoms with Crippen molar-refractivity contribution >= 4 is 17.7 Å². The number of carbonyl (C=O) groups excluding carboxylic acids is 1. The monoisotopic (exact) mass is 359 g/mol. The van der Waals surface area contributed by atoms with Crippen LogP contribution in [0.4, 0.5) is 0 Å². The van der Waals surface area contributed by atoms with Gasteiger partial charge in [0, 0.05) is 11.4 Å². The van der Waals surface area contributed by atoms with E-state index in [1.807, 2.05) is 25.1 Å². The van der Waals surface area contributed by atoms with Gasteiger partial charge in [-0.25, -0.2) is 0 Å². The van der Waals surface area contributed by atoms with Crippen molar-refractivity contribution in [3.8, 4) is 11.5 Å². The number of hydrogen-bond donors (Lipinski definition) is 1. The van der Waals surface area contributed by atoms with Crippen LogP contribution in [0.2, 0.25) is 0 Å². The Labute approximate surface area is 153 Å². The first-order valence-corrected chi connectivity index (χ1v) is 9.05. The number of thioether (sulfide) groups is 1. The SMILES string of the molecule is COc1ccc(CNC(=O)C(C)Sc2cc(C)ccc2C)cc1OC. The summed E-state index contributed by atoms with van der Waals surface area (Å²) in [5.41, 5.74) is 3.36. The van der Waals surface area contributed by atoms with E-state index in [0.29, 0.717) is 18.0 Å². The molecule has 2 aromatic carbocycles. The molecular formula is C20H25NO3S. The van der Waals surface area contributed by atoms with Crippen molar-refractivity contribution in [1.29, 1.82) is 0 Å². The first-order chi connectivity index (χ1) is 11.9. The van der Waals surface area contributed by atoms with Crippen LogP contribution in [0.5, 0.6) is 11.5 Å². The molecule has 4 nitrogen and oxygen atoms in total. The lowest BCUT2D eigenvalue weighted by molar-refractivity contribution is -0.120. The molecule has 2 aromatic rings. The van der Waals surface area contributed by atoms with E-state index >= 15 is 0 Å². The standard InChI is InChI=1S/C20H25NO3S/c1-13-6-7-14(2)19(10-13)25-15(3)20(22)21-12-16-8-9-17(23-4)18(11-16)24-5/h6-11,15H,12H2,1-5H3,(H,21,22). The lowest BCUT2D eigenvalue weighted by Gasteiger charge is -2.15. The first-order valence-electron chi connectivity index (χ1n) is 8.17. The van der Waals surface area contributed by atoms with Gasteiger partial charge in [-0.2, -0.15) is 0 Å².